The highest BCUT2D eigenvalue weighted by atomic mass is 35.5. The average molecular weight is 358 g/mol. The van der Waals surface area contributed by atoms with Gasteiger partial charge in [0.05, 0.1) is 6.26 Å². The number of fused-ring (bicyclic) bond motifs is 1. The van der Waals surface area contributed by atoms with E-state index in [2.05, 4.69) is 20.3 Å². The molecule has 2 aromatic heterocycles. The molecule has 0 amide bonds. The second-order valence-corrected chi connectivity index (χ2v) is 7.91. The number of rotatable bonds is 3. The number of piperidine rings is 1. The quantitative estimate of drug-likeness (QED) is 0.841. The summed E-state index contributed by atoms with van der Waals surface area (Å²) in [5.74, 6) is 0.397. The lowest BCUT2D eigenvalue weighted by atomic mass is 10.1. The van der Waals surface area contributed by atoms with Gasteiger partial charge < -0.3 is 10.3 Å². The highest BCUT2D eigenvalue weighted by Crippen LogP contribution is 2.18. The summed E-state index contributed by atoms with van der Waals surface area (Å²) in [7, 11) is -3.14. The fourth-order valence-corrected chi connectivity index (χ4v) is 3.59. The molecule has 0 radical (unpaired) electrons. The molecule has 124 valence electrons. The van der Waals surface area contributed by atoms with E-state index in [1.807, 2.05) is 0 Å². The van der Waals surface area contributed by atoms with Crippen molar-refractivity contribution in [1.29, 1.82) is 0 Å². The summed E-state index contributed by atoms with van der Waals surface area (Å²) in [4.78, 5) is 22.6. The van der Waals surface area contributed by atoms with Gasteiger partial charge in [0.1, 0.15) is 10.7 Å². The number of nitrogens with one attached hydrogen (secondary N) is 2. The number of H-pyrrole nitrogens is 1. The zero-order chi connectivity index (χ0) is 16.6. The van der Waals surface area contributed by atoms with Gasteiger partial charge in [-0.15, -0.1) is 0 Å². The molecule has 2 N–H and O–H groups in total. The summed E-state index contributed by atoms with van der Waals surface area (Å²) < 4.78 is 24.5. The molecule has 1 aliphatic rings. The van der Waals surface area contributed by atoms with Gasteiger partial charge in [-0.1, -0.05) is 11.6 Å². The van der Waals surface area contributed by atoms with E-state index in [0.29, 0.717) is 42.9 Å². The van der Waals surface area contributed by atoms with Crippen molar-refractivity contribution in [1.82, 2.24) is 19.3 Å². The van der Waals surface area contributed by atoms with Crippen LogP contribution in [-0.2, 0) is 10.0 Å². The maximum Gasteiger partial charge on any atom is 0.268 e. The molecule has 1 aliphatic heterocycles. The van der Waals surface area contributed by atoms with Crippen molar-refractivity contribution in [3.63, 3.8) is 0 Å². The van der Waals surface area contributed by atoms with Gasteiger partial charge in [-0.2, -0.15) is 4.98 Å². The van der Waals surface area contributed by atoms with E-state index < -0.39 is 15.6 Å². The normalized spacial score (nSPS) is 17.5. The largest absolute Gasteiger partial charge is 0.351 e. The number of hydrogen-bond acceptors (Lipinski definition) is 6. The number of aromatic amines is 1. The van der Waals surface area contributed by atoms with E-state index in [1.54, 1.807) is 6.20 Å². The standard InChI is InChI=1S/C13H16ClN5O3S/c1-23(21,22)19-4-2-9(3-5-19)16-13-15-7-8-6-10(14)12(20)17-11(8)18-13/h6-7,9H,2-5H2,1H3,(H2,15,16,17,18,20). The number of aromatic nitrogens is 3. The second kappa shape index (κ2) is 6.06. The fraction of sp³-hybridized carbons (Fsp3) is 0.462. The van der Waals surface area contributed by atoms with Crippen molar-refractivity contribution in [2.45, 2.75) is 18.9 Å². The summed E-state index contributed by atoms with van der Waals surface area (Å²) in [6.07, 6.45) is 4.14. The molecule has 0 saturated carbocycles. The Kier molecular flexibility index (Phi) is 4.26. The third-order valence-electron chi connectivity index (χ3n) is 3.80. The molecule has 1 fully saturated rings. The van der Waals surface area contributed by atoms with E-state index in [4.69, 9.17) is 11.6 Å². The Bertz CT molecular complexity index is 890. The van der Waals surface area contributed by atoms with Crippen LogP contribution in [0.5, 0.6) is 0 Å². The molecule has 0 spiro atoms. The van der Waals surface area contributed by atoms with E-state index in [-0.39, 0.29) is 11.1 Å². The van der Waals surface area contributed by atoms with Gasteiger partial charge in [-0.3, -0.25) is 4.79 Å². The Morgan fingerprint density at radius 2 is 2.09 bits per heavy atom. The topological polar surface area (TPSA) is 108 Å². The molecule has 8 nitrogen and oxygen atoms in total. The predicted octanol–water partition coefficient (Wildman–Crippen LogP) is 0.807. The van der Waals surface area contributed by atoms with Crippen LogP contribution < -0.4 is 10.9 Å². The molecular weight excluding hydrogens is 342 g/mol. The van der Waals surface area contributed by atoms with Crippen molar-refractivity contribution in [3.05, 3.63) is 27.6 Å². The molecule has 3 rings (SSSR count). The number of halogens is 1. The van der Waals surface area contributed by atoms with E-state index in [1.165, 1.54) is 16.6 Å². The van der Waals surface area contributed by atoms with E-state index >= 15 is 0 Å². The highest BCUT2D eigenvalue weighted by Gasteiger charge is 2.25. The molecule has 2 aromatic rings. The Morgan fingerprint density at radius 3 is 2.74 bits per heavy atom. The Labute approximate surface area is 137 Å². The molecule has 3 heterocycles. The third-order valence-corrected chi connectivity index (χ3v) is 5.39. The molecule has 0 bridgehead atoms. The lowest BCUT2D eigenvalue weighted by molar-refractivity contribution is 0.331. The van der Waals surface area contributed by atoms with Crippen LogP contribution in [-0.4, -0.2) is 53.1 Å². The zero-order valence-corrected chi connectivity index (χ0v) is 14.0. The fourth-order valence-electron chi connectivity index (χ4n) is 2.55. The van der Waals surface area contributed by atoms with Crippen LogP contribution in [0.3, 0.4) is 0 Å². The minimum Gasteiger partial charge on any atom is -0.351 e. The summed E-state index contributed by atoms with van der Waals surface area (Å²) in [5, 5.41) is 3.92. The lowest BCUT2D eigenvalue weighted by Gasteiger charge is -2.30. The van der Waals surface area contributed by atoms with E-state index in [0.717, 1.165) is 0 Å². The van der Waals surface area contributed by atoms with Gasteiger partial charge in [-0.05, 0) is 18.9 Å². The summed E-state index contributed by atoms with van der Waals surface area (Å²) >= 11 is 5.76. The SMILES string of the molecule is CS(=O)(=O)N1CCC(Nc2ncc3cc(Cl)c(=O)[nH]c3n2)CC1. The predicted molar refractivity (Wildman–Crippen MR) is 88.2 cm³/mol. The molecule has 0 atom stereocenters. The van der Waals surface area contributed by atoms with Crippen LogP contribution in [0.1, 0.15) is 12.8 Å². The summed E-state index contributed by atoms with van der Waals surface area (Å²) in [5.41, 5.74) is 0.00995. The Balaban J connectivity index is 1.73. The number of sulfonamides is 1. The van der Waals surface area contributed by atoms with Crippen LogP contribution in [0.15, 0.2) is 17.1 Å². The first-order chi connectivity index (χ1) is 10.8. The van der Waals surface area contributed by atoms with Gasteiger partial charge in [-0.25, -0.2) is 17.7 Å². The monoisotopic (exact) mass is 357 g/mol. The molecule has 23 heavy (non-hydrogen) atoms. The van der Waals surface area contributed by atoms with Crippen molar-refractivity contribution in [2.24, 2.45) is 0 Å². The van der Waals surface area contributed by atoms with Gasteiger partial charge in [0.2, 0.25) is 16.0 Å². The first kappa shape index (κ1) is 16.2. The Morgan fingerprint density at radius 1 is 1.39 bits per heavy atom. The maximum atomic E-state index is 11.5. The van der Waals surface area contributed by atoms with Crippen molar-refractivity contribution in [2.75, 3.05) is 24.7 Å². The molecular formula is C13H16ClN5O3S. The first-order valence-electron chi connectivity index (χ1n) is 7.10. The molecule has 0 aliphatic carbocycles. The minimum absolute atomic E-state index is 0.0875. The Hall–Kier alpha value is -1.71. The minimum atomic E-state index is -3.14. The van der Waals surface area contributed by atoms with Crippen LogP contribution in [0.4, 0.5) is 5.95 Å². The first-order valence-corrected chi connectivity index (χ1v) is 9.33. The third kappa shape index (κ3) is 3.62. The second-order valence-electron chi connectivity index (χ2n) is 5.52. The molecule has 10 heteroatoms. The van der Waals surface area contributed by atoms with Crippen molar-refractivity contribution < 1.29 is 8.42 Å². The molecule has 0 aromatic carbocycles. The number of hydrogen-bond donors (Lipinski definition) is 2. The maximum absolute atomic E-state index is 11.5. The van der Waals surface area contributed by atoms with Gasteiger partial charge in [0.25, 0.3) is 5.56 Å². The summed E-state index contributed by atoms with van der Waals surface area (Å²) in [6.45, 7) is 0.938. The smallest absolute Gasteiger partial charge is 0.268 e. The number of anilines is 1. The van der Waals surface area contributed by atoms with Gasteiger partial charge in [0, 0.05) is 30.7 Å². The van der Waals surface area contributed by atoms with Crippen molar-refractivity contribution in [3.8, 4) is 0 Å². The number of pyridine rings is 1. The van der Waals surface area contributed by atoms with Crippen LogP contribution in [0.25, 0.3) is 11.0 Å². The van der Waals surface area contributed by atoms with Gasteiger partial charge >= 0.3 is 0 Å². The van der Waals surface area contributed by atoms with E-state index in [9.17, 15) is 13.2 Å². The molecule has 0 unspecified atom stereocenters. The van der Waals surface area contributed by atoms with Crippen LogP contribution in [0.2, 0.25) is 5.02 Å². The number of nitrogens with zero attached hydrogens (tertiary/aromatic N) is 3. The van der Waals surface area contributed by atoms with Crippen molar-refractivity contribution >= 4 is 38.6 Å². The highest BCUT2D eigenvalue weighted by molar-refractivity contribution is 7.88. The van der Waals surface area contributed by atoms with Crippen LogP contribution in [0, 0.1) is 0 Å². The zero-order valence-electron chi connectivity index (χ0n) is 12.4. The summed E-state index contributed by atoms with van der Waals surface area (Å²) in [6, 6.07) is 1.61. The van der Waals surface area contributed by atoms with Gasteiger partial charge in [0.15, 0.2) is 0 Å². The lowest BCUT2D eigenvalue weighted by Crippen LogP contribution is -2.42. The molecule has 1 saturated heterocycles. The average Bonchev–Trinajstić information content (AvgIpc) is 2.48. The van der Waals surface area contributed by atoms with Crippen LogP contribution >= 0.6 is 11.6 Å².